The quantitative estimate of drug-likeness (QED) is 0.894. The van der Waals surface area contributed by atoms with Crippen molar-refractivity contribution in [2.24, 2.45) is 0 Å². The Hall–Kier alpha value is -1.73. The summed E-state index contributed by atoms with van der Waals surface area (Å²) in [7, 11) is 0. The maximum atomic E-state index is 12.2. The van der Waals surface area contributed by atoms with Gasteiger partial charge in [0.2, 0.25) is 5.91 Å². The monoisotopic (exact) mass is 373 g/mol. The lowest BCUT2D eigenvalue weighted by atomic mass is 10.1. The van der Waals surface area contributed by atoms with Gasteiger partial charge in [0.15, 0.2) is 0 Å². The van der Waals surface area contributed by atoms with Crippen LogP contribution >= 0.6 is 11.3 Å². The number of amides is 1. The summed E-state index contributed by atoms with van der Waals surface area (Å²) in [6, 6.07) is 0. The lowest BCUT2D eigenvalue weighted by Gasteiger charge is -2.35. The summed E-state index contributed by atoms with van der Waals surface area (Å²) in [5.41, 5.74) is 1.30. The summed E-state index contributed by atoms with van der Waals surface area (Å²) < 4.78 is 0. The van der Waals surface area contributed by atoms with E-state index in [9.17, 15) is 4.79 Å². The van der Waals surface area contributed by atoms with E-state index in [0.717, 1.165) is 43.2 Å². The molecule has 0 saturated carbocycles. The van der Waals surface area contributed by atoms with Gasteiger partial charge in [-0.25, -0.2) is 9.97 Å². The zero-order valence-electron chi connectivity index (χ0n) is 15.8. The summed E-state index contributed by atoms with van der Waals surface area (Å²) in [5.74, 6) is 1.19. The minimum atomic E-state index is -0.176. The number of nitrogens with zero attached hydrogens (tertiary/aromatic N) is 4. The predicted octanol–water partition coefficient (Wildman–Crippen LogP) is 2.22. The fourth-order valence-electron chi connectivity index (χ4n) is 3.93. The molecule has 6 nitrogen and oxygen atoms in total. The van der Waals surface area contributed by atoms with Crippen LogP contribution in [0.2, 0.25) is 0 Å². The third-order valence-corrected chi connectivity index (χ3v) is 6.23. The maximum Gasteiger partial charge on any atom is 0.234 e. The minimum Gasteiger partial charge on any atom is -0.353 e. The number of carbonyl (C=O) groups excluding carboxylic acids is 1. The Morgan fingerprint density at radius 2 is 1.96 bits per heavy atom. The van der Waals surface area contributed by atoms with Crippen molar-refractivity contribution < 1.29 is 4.79 Å². The summed E-state index contributed by atoms with van der Waals surface area (Å²) in [4.78, 5) is 28.5. The zero-order chi connectivity index (χ0) is 18.3. The number of rotatable bonds is 3. The van der Waals surface area contributed by atoms with Gasteiger partial charge in [-0.15, -0.1) is 11.3 Å². The Labute approximate surface area is 158 Å². The van der Waals surface area contributed by atoms with Crippen LogP contribution < -0.4 is 10.2 Å². The average molecular weight is 374 g/mol. The van der Waals surface area contributed by atoms with Crippen molar-refractivity contribution in [2.75, 3.05) is 37.6 Å². The first-order valence-corrected chi connectivity index (χ1v) is 10.3. The van der Waals surface area contributed by atoms with Crippen LogP contribution in [-0.4, -0.2) is 59.0 Å². The van der Waals surface area contributed by atoms with E-state index in [2.05, 4.69) is 25.1 Å². The molecule has 1 aliphatic carbocycles. The first-order valence-electron chi connectivity index (χ1n) is 9.44. The molecule has 0 atom stereocenters. The maximum absolute atomic E-state index is 12.2. The number of aromatic nitrogens is 2. The largest absolute Gasteiger partial charge is 0.353 e. The second-order valence-electron chi connectivity index (χ2n) is 8.30. The van der Waals surface area contributed by atoms with Crippen LogP contribution in [0.25, 0.3) is 10.2 Å². The van der Waals surface area contributed by atoms with E-state index >= 15 is 0 Å². The summed E-state index contributed by atoms with van der Waals surface area (Å²) in [5, 5.41) is 4.33. The van der Waals surface area contributed by atoms with E-state index in [-0.39, 0.29) is 11.4 Å². The van der Waals surface area contributed by atoms with Gasteiger partial charge >= 0.3 is 0 Å². The molecular formula is C19H27N5OS. The molecule has 0 unspecified atom stereocenters. The van der Waals surface area contributed by atoms with Gasteiger partial charge in [0, 0.05) is 36.6 Å². The van der Waals surface area contributed by atoms with Crippen LogP contribution in [0.3, 0.4) is 0 Å². The molecule has 0 bridgehead atoms. The lowest BCUT2D eigenvalue weighted by molar-refractivity contribution is -0.123. The lowest BCUT2D eigenvalue weighted by Crippen LogP contribution is -2.52. The van der Waals surface area contributed by atoms with E-state index in [1.54, 1.807) is 6.33 Å². The molecule has 140 valence electrons. The van der Waals surface area contributed by atoms with Gasteiger partial charge in [0.25, 0.3) is 0 Å². The van der Waals surface area contributed by atoms with Crippen molar-refractivity contribution in [3.05, 3.63) is 16.8 Å². The summed E-state index contributed by atoms with van der Waals surface area (Å²) in [6.45, 7) is 10.1. The average Bonchev–Trinajstić information content (AvgIpc) is 3.14. The molecule has 7 heteroatoms. The molecule has 1 saturated heterocycles. The van der Waals surface area contributed by atoms with Gasteiger partial charge in [0.1, 0.15) is 17.0 Å². The van der Waals surface area contributed by atoms with Crippen LogP contribution in [0, 0.1) is 0 Å². The van der Waals surface area contributed by atoms with Crippen molar-refractivity contribution >= 4 is 33.3 Å². The Bertz CT molecular complexity index is 817. The van der Waals surface area contributed by atoms with Gasteiger partial charge in [-0.3, -0.25) is 9.69 Å². The number of carbonyl (C=O) groups is 1. The van der Waals surface area contributed by atoms with Crippen molar-refractivity contribution in [1.29, 1.82) is 0 Å². The zero-order valence-corrected chi connectivity index (χ0v) is 16.7. The van der Waals surface area contributed by atoms with E-state index in [1.165, 1.54) is 28.7 Å². The number of aryl methyl sites for hydroxylation is 2. The molecule has 0 spiro atoms. The Balaban J connectivity index is 1.44. The third-order valence-electron chi connectivity index (χ3n) is 5.03. The van der Waals surface area contributed by atoms with Crippen LogP contribution in [0.15, 0.2) is 6.33 Å². The molecule has 4 rings (SSSR count). The Kier molecular flexibility index (Phi) is 4.61. The van der Waals surface area contributed by atoms with Crippen molar-refractivity contribution in [2.45, 2.75) is 45.6 Å². The fraction of sp³-hybridized carbons (Fsp3) is 0.632. The Morgan fingerprint density at radius 1 is 1.19 bits per heavy atom. The number of thiophene rings is 1. The molecule has 1 amide bonds. The highest BCUT2D eigenvalue weighted by Gasteiger charge is 2.26. The molecule has 2 aromatic heterocycles. The first-order chi connectivity index (χ1) is 12.4. The number of piperazine rings is 1. The second kappa shape index (κ2) is 6.78. The number of anilines is 1. The molecule has 1 aliphatic heterocycles. The summed E-state index contributed by atoms with van der Waals surface area (Å²) >= 11 is 1.84. The third kappa shape index (κ3) is 3.55. The SMILES string of the molecule is CC(C)(C)NC(=O)CN1CCN(c2ncnc3sc4c(c23)CCC4)CC1. The molecule has 1 fully saturated rings. The predicted molar refractivity (Wildman–Crippen MR) is 106 cm³/mol. The van der Waals surface area contributed by atoms with Crippen molar-refractivity contribution in [1.82, 2.24) is 20.2 Å². The molecule has 26 heavy (non-hydrogen) atoms. The van der Waals surface area contributed by atoms with Gasteiger partial charge < -0.3 is 10.2 Å². The van der Waals surface area contributed by atoms with E-state index in [0.29, 0.717) is 6.54 Å². The van der Waals surface area contributed by atoms with Crippen molar-refractivity contribution in [3.63, 3.8) is 0 Å². The molecular weight excluding hydrogens is 346 g/mol. The van der Waals surface area contributed by atoms with E-state index in [4.69, 9.17) is 0 Å². The highest BCUT2D eigenvalue weighted by molar-refractivity contribution is 7.19. The standard InChI is InChI=1S/C19H27N5OS/c1-19(2,3)22-15(25)11-23-7-9-24(10-8-23)17-16-13-5-4-6-14(13)26-18(16)21-12-20-17/h12H,4-11H2,1-3H3,(H,22,25). The van der Waals surface area contributed by atoms with Crippen LogP contribution in [0.5, 0.6) is 0 Å². The van der Waals surface area contributed by atoms with Gasteiger partial charge in [-0.1, -0.05) is 0 Å². The smallest absolute Gasteiger partial charge is 0.234 e. The van der Waals surface area contributed by atoms with Crippen molar-refractivity contribution in [3.8, 4) is 0 Å². The molecule has 0 aromatic carbocycles. The van der Waals surface area contributed by atoms with E-state index < -0.39 is 0 Å². The van der Waals surface area contributed by atoms with E-state index in [1.807, 2.05) is 32.1 Å². The topological polar surface area (TPSA) is 61.4 Å². The first kappa shape index (κ1) is 17.7. The van der Waals surface area contributed by atoms with Crippen LogP contribution in [0.1, 0.15) is 37.6 Å². The number of hydrogen-bond donors (Lipinski definition) is 1. The minimum absolute atomic E-state index is 0.103. The normalized spacial score (nSPS) is 18.3. The van der Waals surface area contributed by atoms with Gasteiger partial charge in [-0.05, 0) is 45.6 Å². The molecule has 2 aliphatic rings. The van der Waals surface area contributed by atoms with Crippen LogP contribution in [0.4, 0.5) is 5.82 Å². The number of nitrogens with one attached hydrogen (secondary N) is 1. The summed E-state index contributed by atoms with van der Waals surface area (Å²) in [6.07, 6.45) is 5.30. The molecule has 2 aromatic rings. The second-order valence-corrected chi connectivity index (χ2v) is 9.38. The van der Waals surface area contributed by atoms with Gasteiger partial charge in [0.05, 0.1) is 11.9 Å². The van der Waals surface area contributed by atoms with Gasteiger partial charge in [-0.2, -0.15) is 0 Å². The molecule has 0 radical (unpaired) electrons. The number of hydrogen-bond acceptors (Lipinski definition) is 6. The highest BCUT2D eigenvalue weighted by atomic mass is 32.1. The molecule has 3 heterocycles. The molecule has 1 N–H and O–H groups in total. The van der Waals surface area contributed by atoms with Crippen LogP contribution in [-0.2, 0) is 17.6 Å². The Morgan fingerprint density at radius 3 is 2.69 bits per heavy atom. The fourth-order valence-corrected chi connectivity index (χ4v) is 5.15. The number of fused-ring (bicyclic) bond motifs is 3. The highest BCUT2D eigenvalue weighted by Crippen LogP contribution is 2.40.